The van der Waals surface area contributed by atoms with E-state index in [1.807, 2.05) is 47.0 Å². The molecule has 0 saturated heterocycles. The molecule has 0 aliphatic rings. The number of nitrogen functional groups attached to an aromatic ring is 1. The van der Waals surface area contributed by atoms with Gasteiger partial charge in [-0.3, -0.25) is 0 Å². The second-order valence-corrected chi connectivity index (χ2v) is 5.98. The van der Waals surface area contributed by atoms with Crippen LogP contribution in [0.5, 0.6) is 0 Å². The SMILES string of the molecule is Nc1nc2ccc(Br)cc2n1CCc1ccc(Cl)cc1. The number of imidazole rings is 1. The van der Waals surface area contributed by atoms with Gasteiger partial charge in [0.2, 0.25) is 5.95 Å². The van der Waals surface area contributed by atoms with Crippen LogP contribution in [0.1, 0.15) is 5.56 Å². The van der Waals surface area contributed by atoms with Crippen LogP contribution < -0.4 is 5.73 Å². The third kappa shape index (κ3) is 2.67. The highest BCUT2D eigenvalue weighted by atomic mass is 79.9. The van der Waals surface area contributed by atoms with Crippen LogP contribution >= 0.6 is 27.5 Å². The lowest BCUT2D eigenvalue weighted by molar-refractivity contribution is 0.726. The number of hydrogen-bond acceptors (Lipinski definition) is 2. The summed E-state index contributed by atoms with van der Waals surface area (Å²) in [6.07, 6.45) is 0.888. The Labute approximate surface area is 130 Å². The zero-order chi connectivity index (χ0) is 14.1. The van der Waals surface area contributed by atoms with Crippen molar-refractivity contribution in [1.29, 1.82) is 0 Å². The van der Waals surface area contributed by atoms with Crippen molar-refractivity contribution in [2.75, 3.05) is 5.73 Å². The fourth-order valence-electron chi connectivity index (χ4n) is 2.24. The van der Waals surface area contributed by atoms with Crippen LogP contribution in [0.4, 0.5) is 5.95 Å². The molecule has 102 valence electrons. The van der Waals surface area contributed by atoms with Gasteiger partial charge >= 0.3 is 0 Å². The Bertz CT molecular complexity index is 750. The van der Waals surface area contributed by atoms with Gasteiger partial charge in [-0.1, -0.05) is 39.7 Å². The molecule has 0 aliphatic heterocycles. The van der Waals surface area contributed by atoms with Gasteiger partial charge in [-0.2, -0.15) is 0 Å². The Kier molecular flexibility index (Phi) is 3.68. The number of halogens is 2. The number of nitrogens with zero attached hydrogens (tertiary/aromatic N) is 2. The van der Waals surface area contributed by atoms with Gasteiger partial charge < -0.3 is 10.3 Å². The largest absolute Gasteiger partial charge is 0.369 e. The predicted molar refractivity (Wildman–Crippen MR) is 87.0 cm³/mol. The molecule has 0 aliphatic carbocycles. The normalized spacial score (nSPS) is 11.1. The van der Waals surface area contributed by atoms with Crippen LogP contribution in [-0.2, 0) is 13.0 Å². The van der Waals surface area contributed by atoms with Crippen molar-refractivity contribution >= 4 is 44.5 Å². The van der Waals surface area contributed by atoms with Crippen LogP contribution in [0.25, 0.3) is 11.0 Å². The number of anilines is 1. The molecule has 0 spiro atoms. The lowest BCUT2D eigenvalue weighted by Gasteiger charge is -2.07. The van der Waals surface area contributed by atoms with Crippen molar-refractivity contribution in [3.05, 3.63) is 57.5 Å². The molecule has 3 rings (SSSR count). The van der Waals surface area contributed by atoms with Crippen LogP contribution in [0.2, 0.25) is 5.02 Å². The predicted octanol–water partition coefficient (Wildman–Crippen LogP) is 4.28. The molecule has 0 bridgehead atoms. The van der Waals surface area contributed by atoms with Gasteiger partial charge in [0.25, 0.3) is 0 Å². The maximum atomic E-state index is 6.01. The molecule has 20 heavy (non-hydrogen) atoms. The smallest absolute Gasteiger partial charge is 0.201 e. The molecule has 0 atom stereocenters. The fraction of sp³-hybridized carbons (Fsp3) is 0.133. The summed E-state index contributed by atoms with van der Waals surface area (Å²) in [4.78, 5) is 4.38. The highest BCUT2D eigenvalue weighted by molar-refractivity contribution is 9.10. The molecule has 2 aromatic carbocycles. The second kappa shape index (κ2) is 5.46. The summed E-state index contributed by atoms with van der Waals surface area (Å²) in [5.74, 6) is 0.548. The Morgan fingerprint density at radius 1 is 1.15 bits per heavy atom. The minimum absolute atomic E-state index is 0.548. The van der Waals surface area contributed by atoms with Crippen LogP contribution in [0.15, 0.2) is 46.9 Å². The zero-order valence-corrected chi connectivity index (χ0v) is 13.0. The summed E-state index contributed by atoms with van der Waals surface area (Å²) in [6.45, 7) is 0.792. The van der Waals surface area contributed by atoms with Crippen LogP contribution in [0.3, 0.4) is 0 Å². The molecule has 1 aromatic heterocycles. The molecule has 3 nitrogen and oxygen atoms in total. The molecule has 3 aromatic rings. The molecule has 1 heterocycles. The second-order valence-electron chi connectivity index (χ2n) is 4.63. The first kappa shape index (κ1) is 13.5. The van der Waals surface area contributed by atoms with E-state index in [0.29, 0.717) is 5.95 Å². The Balaban J connectivity index is 1.88. The van der Waals surface area contributed by atoms with E-state index in [4.69, 9.17) is 17.3 Å². The number of benzene rings is 2. The zero-order valence-electron chi connectivity index (χ0n) is 10.7. The quantitative estimate of drug-likeness (QED) is 0.766. The number of fused-ring (bicyclic) bond motifs is 1. The lowest BCUT2D eigenvalue weighted by atomic mass is 10.1. The van der Waals surface area contributed by atoms with Crippen molar-refractivity contribution in [2.24, 2.45) is 0 Å². The maximum absolute atomic E-state index is 6.01. The summed E-state index contributed by atoms with van der Waals surface area (Å²) in [7, 11) is 0. The first-order chi connectivity index (χ1) is 9.63. The number of aromatic nitrogens is 2. The number of aryl methyl sites for hydroxylation is 2. The van der Waals surface area contributed by atoms with Gasteiger partial charge in [-0.05, 0) is 42.3 Å². The van der Waals surface area contributed by atoms with E-state index in [9.17, 15) is 0 Å². The summed E-state index contributed by atoms with van der Waals surface area (Å²) >= 11 is 9.37. The standard InChI is InChI=1S/C15H13BrClN3/c16-11-3-6-13-14(9-11)20(15(18)19-13)8-7-10-1-4-12(17)5-2-10/h1-6,9H,7-8H2,(H2,18,19). The fourth-order valence-corrected chi connectivity index (χ4v) is 2.72. The summed E-state index contributed by atoms with van der Waals surface area (Å²) in [6, 6.07) is 13.9. The highest BCUT2D eigenvalue weighted by Gasteiger charge is 2.08. The van der Waals surface area contributed by atoms with E-state index in [0.717, 1.165) is 33.5 Å². The number of nitrogens with two attached hydrogens (primary N) is 1. The van der Waals surface area contributed by atoms with E-state index in [-0.39, 0.29) is 0 Å². The molecule has 0 unspecified atom stereocenters. The summed E-state index contributed by atoms with van der Waals surface area (Å²) in [5, 5.41) is 0.755. The minimum atomic E-state index is 0.548. The Morgan fingerprint density at radius 3 is 2.65 bits per heavy atom. The Hall–Kier alpha value is -1.52. The van der Waals surface area contributed by atoms with E-state index in [1.165, 1.54) is 5.56 Å². The van der Waals surface area contributed by atoms with Gasteiger partial charge in [0.1, 0.15) is 0 Å². The topological polar surface area (TPSA) is 43.8 Å². The lowest BCUT2D eigenvalue weighted by Crippen LogP contribution is -2.05. The molecule has 2 N–H and O–H groups in total. The van der Waals surface area contributed by atoms with Crippen molar-refractivity contribution < 1.29 is 0 Å². The van der Waals surface area contributed by atoms with E-state index < -0.39 is 0 Å². The summed E-state index contributed by atoms with van der Waals surface area (Å²) < 4.78 is 3.06. The van der Waals surface area contributed by atoms with Crippen LogP contribution in [0, 0.1) is 0 Å². The number of rotatable bonds is 3. The molecule has 0 radical (unpaired) electrons. The third-order valence-electron chi connectivity index (χ3n) is 3.28. The molecule has 0 fully saturated rings. The highest BCUT2D eigenvalue weighted by Crippen LogP contribution is 2.22. The average molecular weight is 351 g/mol. The van der Waals surface area contributed by atoms with Crippen LogP contribution in [-0.4, -0.2) is 9.55 Å². The van der Waals surface area contributed by atoms with Crippen molar-refractivity contribution in [2.45, 2.75) is 13.0 Å². The summed E-state index contributed by atoms with van der Waals surface area (Å²) in [5.41, 5.74) is 9.20. The average Bonchev–Trinajstić information content (AvgIpc) is 2.73. The number of hydrogen-bond donors (Lipinski definition) is 1. The molecule has 0 saturated carbocycles. The van der Waals surface area contributed by atoms with Crippen molar-refractivity contribution in [3.63, 3.8) is 0 Å². The van der Waals surface area contributed by atoms with E-state index >= 15 is 0 Å². The molecule has 5 heteroatoms. The van der Waals surface area contributed by atoms with Gasteiger partial charge in [-0.25, -0.2) is 4.98 Å². The van der Waals surface area contributed by atoms with Crippen molar-refractivity contribution in [1.82, 2.24) is 9.55 Å². The Morgan fingerprint density at radius 2 is 1.90 bits per heavy atom. The van der Waals surface area contributed by atoms with Gasteiger partial charge in [0.05, 0.1) is 11.0 Å². The first-order valence-electron chi connectivity index (χ1n) is 6.29. The molecule has 0 amide bonds. The molecular formula is C15H13BrClN3. The van der Waals surface area contributed by atoms with Crippen molar-refractivity contribution in [3.8, 4) is 0 Å². The van der Waals surface area contributed by atoms with E-state index in [1.54, 1.807) is 0 Å². The monoisotopic (exact) mass is 349 g/mol. The minimum Gasteiger partial charge on any atom is -0.369 e. The molecular weight excluding hydrogens is 338 g/mol. The van der Waals surface area contributed by atoms with Gasteiger partial charge in [0, 0.05) is 16.0 Å². The maximum Gasteiger partial charge on any atom is 0.201 e. The van der Waals surface area contributed by atoms with Gasteiger partial charge in [0.15, 0.2) is 0 Å². The third-order valence-corrected chi connectivity index (χ3v) is 4.02. The van der Waals surface area contributed by atoms with E-state index in [2.05, 4.69) is 20.9 Å². The first-order valence-corrected chi connectivity index (χ1v) is 7.46. The van der Waals surface area contributed by atoms with Gasteiger partial charge in [-0.15, -0.1) is 0 Å².